The second-order valence-corrected chi connectivity index (χ2v) is 5.53. The van der Waals surface area contributed by atoms with Crippen LogP contribution >= 0.6 is 0 Å². The lowest BCUT2D eigenvalue weighted by Gasteiger charge is -2.19. The summed E-state index contributed by atoms with van der Waals surface area (Å²) >= 11 is 0. The fourth-order valence-electron chi connectivity index (χ4n) is 2.45. The van der Waals surface area contributed by atoms with Crippen molar-refractivity contribution in [3.63, 3.8) is 0 Å². The summed E-state index contributed by atoms with van der Waals surface area (Å²) in [6.07, 6.45) is 2.52. The summed E-state index contributed by atoms with van der Waals surface area (Å²) in [5.74, 6) is -0.652. The first-order valence-electron chi connectivity index (χ1n) is 7.90. The predicted octanol–water partition coefficient (Wildman–Crippen LogP) is 1.94. The highest BCUT2D eigenvalue weighted by atomic mass is 16.7. The van der Waals surface area contributed by atoms with Gasteiger partial charge in [0.1, 0.15) is 5.75 Å². The highest BCUT2D eigenvalue weighted by molar-refractivity contribution is 5.98. The highest BCUT2D eigenvalue weighted by Crippen LogP contribution is 2.33. The average Bonchev–Trinajstić information content (AvgIpc) is 2.70. The Morgan fingerprint density at radius 1 is 1.15 bits per heavy atom. The normalized spacial score (nSPS) is 12.7. The van der Waals surface area contributed by atoms with E-state index in [1.54, 1.807) is 30.3 Å². The molecule has 1 aliphatic heterocycles. The number of benzene rings is 2. The molecule has 2 amide bonds. The molecule has 0 saturated carbocycles. The van der Waals surface area contributed by atoms with Crippen molar-refractivity contribution in [2.24, 2.45) is 0 Å². The lowest BCUT2D eigenvalue weighted by molar-refractivity contribution is -0.385. The molecule has 0 spiro atoms. The molecular weight excluding hydrogens is 354 g/mol. The number of nitrogens with one attached hydrogen (secondary N) is 2. The number of nitro benzene ring substituents is 1. The maximum atomic E-state index is 11.9. The van der Waals surface area contributed by atoms with E-state index in [0.717, 1.165) is 6.08 Å². The molecule has 0 fully saturated rings. The Balaban J connectivity index is 1.70. The van der Waals surface area contributed by atoms with Gasteiger partial charge < -0.3 is 9.47 Å². The zero-order chi connectivity index (χ0) is 19.2. The lowest BCUT2D eigenvalue weighted by atomic mass is 10.1. The number of carbonyl (C=O) groups is 2. The van der Waals surface area contributed by atoms with Crippen LogP contribution in [0.4, 0.5) is 5.69 Å². The Labute approximate surface area is 153 Å². The van der Waals surface area contributed by atoms with E-state index in [1.807, 2.05) is 0 Å². The monoisotopic (exact) mass is 369 g/mol. The van der Waals surface area contributed by atoms with E-state index in [-0.39, 0.29) is 19.1 Å². The van der Waals surface area contributed by atoms with Crippen molar-refractivity contribution >= 4 is 23.6 Å². The van der Waals surface area contributed by atoms with E-state index in [1.165, 1.54) is 18.2 Å². The SMILES string of the molecule is O=C(/C=C/c1cc([N+](=O)[O-])cc2c1OCOC2)NNC(=O)c1ccccc1. The first-order chi connectivity index (χ1) is 13.0. The molecule has 0 aliphatic carbocycles. The van der Waals surface area contributed by atoms with Gasteiger partial charge in [-0.15, -0.1) is 0 Å². The number of ether oxygens (including phenoxy) is 2. The van der Waals surface area contributed by atoms with Crippen LogP contribution < -0.4 is 15.6 Å². The summed E-state index contributed by atoms with van der Waals surface area (Å²) < 4.78 is 10.5. The van der Waals surface area contributed by atoms with Crippen LogP contribution in [-0.4, -0.2) is 23.5 Å². The number of carbonyl (C=O) groups excluding carboxylic acids is 2. The van der Waals surface area contributed by atoms with Crippen LogP contribution in [0.25, 0.3) is 6.08 Å². The molecule has 2 aromatic rings. The van der Waals surface area contributed by atoms with Gasteiger partial charge in [-0.1, -0.05) is 18.2 Å². The van der Waals surface area contributed by atoms with Gasteiger partial charge in [-0.3, -0.25) is 30.6 Å². The van der Waals surface area contributed by atoms with Gasteiger partial charge in [0.15, 0.2) is 6.79 Å². The molecule has 0 atom stereocenters. The second kappa shape index (κ2) is 8.11. The Morgan fingerprint density at radius 3 is 2.67 bits per heavy atom. The molecule has 0 radical (unpaired) electrons. The molecule has 0 saturated heterocycles. The van der Waals surface area contributed by atoms with Crippen molar-refractivity contribution in [3.8, 4) is 5.75 Å². The molecule has 2 aromatic carbocycles. The minimum absolute atomic E-state index is 0.0188. The number of hydrazine groups is 1. The van der Waals surface area contributed by atoms with Crippen molar-refractivity contribution in [1.82, 2.24) is 10.9 Å². The van der Waals surface area contributed by atoms with Crippen LogP contribution in [0.5, 0.6) is 5.75 Å². The smallest absolute Gasteiger partial charge is 0.270 e. The highest BCUT2D eigenvalue weighted by Gasteiger charge is 2.19. The second-order valence-electron chi connectivity index (χ2n) is 5.53. The number of amides is 2. The van der Waals surface area contributed by atoms with Crippen LogP contribution in [0, 0.1) is 10.1 Å². The molecule has 0 bridgehead atoms. The van der Waals surface area contributed by atoms with Crippen molar-refractivity contribution in [3.05, 3.63) is 75.3 Å². The van der Waals surface area contributed by atoms with Gasteiger partial charge in [-0.25, -0.2) is 0 Å². The average molecular weight is 369 g/mol. The van der Waals surface area contributed by atoms with E-state index in [4.69, 9.17) is 9.47 Å². The zero-order valence-corrected chi connectivity index (χ0v) is 14.0. The van der Waals surface area contributed by atoms with Crippen LogP contribution in [0.1, 0.15) is 21.5 Å². The summed E-state index contributed by atoms with van der Waals surface area (Å²) in [7, 11) is 0. The van der Waals surface area contributed by atoms with E-state index < -0.39 is 16.7 Å². The number of nitrogens with zero attached hydrogens (tertiary/aromatic N) is 1. The van der Waals surface area contributed by atoms with E-state index in [2.05, 4.69) is 10.9 Å². The molecule has 2 N–H and O–H groups in total. The molecule has 1 heterocycles. The van der Waals surface area contributed by atoms with Gasteiger partial charge in [0.2, 0.25) is 0 Å². The van der Waals surface area contributed by atoms with Gasteiger partial charge >= 0.3 is 0 Å². The van der Waals surface area contributed by atoms with E-state index in [0.29, 0.717) is 22.4 Å². The first kappa shape index (κ1) is 18.1. The summed E-state index contributed by atoms with van der Waals surface area (Å²) in [4.78, 5) is 34.3. The molecular formula is C18H15N3O6. The van der Waals surface area contributed by atoms with Gasteiger partial charge in [0.05, 0.1) is 11.5 Å². The summed E-state index contributed by atoms with van der Waals surface area (Å²) in [6, 6.07) is 11.0. The Kier molecular flexibility index (Phi) is 5.43. The topological polar surface area (TPSA) is 120 Å². The first-order valence-corrected chi connectivity index (χ1v) is 7.90. The van der Waals surface area contributed by atoms with Gasteiger partial charge in [0.25, 0.3) is 17.5 Å². The van der Waals surface area contributed by atoms with Crippen molar-refractivity contribution in [1.29, 1.82) is 0 Å². The summed E-state index contributed by atoms with van der Waals surface area (Å²) in [5, 5.41) is 11.1. The molecule has 1 aliphatic rings. The molecule has 9 nitrogen and oxygen atoms in total. The molecule has 0 aromatic heterocycles. The predicted molar refractivity (Wildman–Crippen MR) is 94.5 cm³/mol. The van der Waals surface area contributed by atoms with Crippen molar-refractivity contribution < 1.29 is 24.0 Å². The minimum atomic E-state index is -0.605. The van der Waals surface area contributed by atoms with Crippen LogP contribution in [-0.2, 0) is 16.1 Å². The summed E-state index contributed by atoms with van der Waals surface area (Å²) in [5.41, 5.74) is 5.66. The number of rotatable bonds is 4. The maximum Gasteiger partial charge on any atom is 0.270 e. The fourth-order valence-corrected chi connectivity index (χ4v) is 2.45. The Morgan fingerprint density at radius 2 is 1.93 bits per heavy atom. The van der Waals surface area contributed by atoms with Gasteiger partial charge in [-0.05, 0) is 18.2 Å². The van der Waals surface area contributed by atoms with Gasteiger partial charge in [-0.2, -0.15) is 0 Å². The van der Waals surface area contributed by atoms with Crippen LogP contribution in [0.3, 0.4) is 0 Å². The van der Waals surface area contributed by atoms with Gasteiger partial charge in [0, 0.05) is 34.9 Å². The molecule has 0 unspecified atom stereocenters. The third-order valence-electron chi connectivity index (χ3n) is 3.68. The molecule has 138 valence electrons. The third kappa shape index (κ3) is 4.47. The maximum absolute atomic E-state index is 11.9. The molecule has 27 heavy (non-hydrogen) atoms. The molecule has 3 rings (SSSR count). The van der Waals surface area contributed by atoms with E-state index in [9.17, 15) is 19.7 Å². The Hall–Kier alpha value is -3.72. The Bertz CT molecular complexity index is 911. The fraction of sp³-hybridized carbons (Fsp3) is 0.111. The summed E-state index contributed by atoms with van der Waals surface area (Å²) in [6.45, 7) is 0.197. The zero-order valence-electron chi connectivity index (χ0n) is 14.0. The third-order valence-corrected chi connectivity index (χ3v) is 3.68. The standard InChI is InChI=1S/C18H15N3O6/c22-16(19-20-18(23)12-4-2-1-3-5-12)7-6-13-8-15(21(24)25)9-14-10-26-11-27-17(13)14/h1-9H,10-11H2,(H,19,22)(H,20,23)/b7-6+. The van der Waals surface area contributed by atoms with Crippen molar-refractivity contribution in [2.75, 3.05) is 6.79 Å². The number of hydrogen-bond donors (Lipinski definition) is 2. The quantitative estimate of drug-likeness (QED) is 0.483. The largest absolute Gasteiger partial charge is 0.467 e. The lowest BCUT2D eigenvalue weighted by Crippen LogP contribution is -2.40. The van der Waals surface area contributed by atoms with E-state index >= 15 is 0 Å². The molecule has 9 heteroatoms. The van der Waals surface area contributed by atoms with Crippen molar-refractivity contribution in [2.45, 2.75) is 6.61 Å². The number of non-ortho nitro benzene ring substituents is 1. The van der Waals surface area contributed by atoms with Crippen LogP contribution in [0.15, 0.2) is 48.5 Å². The number of fused-ring (bicyclic) bond motifs is 1. The van der Waals surface area contributed by atoms with Crippen LogP contribution in [0.2, 0.25) is 0 Å². The minimum Gasteiger partial charge on any atom is -0.467 e. The number of nitro groups is 1. The number of hydrogen-bond acceptors (Lipinski definition) is 6.